The molecular weight excluding hydrogens is 359 g/mol. The Morgan fingerprint density at radius 2 is 1.74 bits per heavy atom. The highest BCUT2D eigenvalue weighted by molar-refractivity contribution is 5.53. The fraction of sp³-hybridized carbons (Fsp3) is 0.263. The molecule has 27 heavy (non-hydrogen) atoms. The van der Waals surface area contributed by atoms with Crippen LogP contribution in [0.15, 0.2) is 42.5 Å². The number of hydrogen-bond acceptors (Lipinski definition) is 5. The molecule has 0 radical (unpaired) electrons. The smallest absolute Gasteiger partial charge is 0.417 e. The van der Waals surface area contributed by atoms with Crippen molar-refractivity contribution in [3.8, 4) is 17.9 Å². The van der Waals surface area contributed by atoms with Crippen LogP contribution >= 0.6 is 0 Å². The summed E-state index contributed by atoms with van der Waals surface area (Å²) in [6.45, 7) is 1.28. The Morgan fingerprint density at radius 3 is 2.30 bits per heavy atom. The first-order chi connectivity index (χ1) is 12.6. The van der Waals surface area contributed by atoms with E-state index < -0.39 is 22.9 Å². The van der Waals surface area contributed by atoms with Gasteiger partial charge in [0.25, 0.3) is 0 Å². The van der Waals surface area contributed by atoms with Gasteiger partial charge in [-0.15, -0.1) is 0 Å². The summed E-state index contributed by atoms with van der Waals surface area (Å²) in [5.41, 5.74) is -2.29. The van der Waals surface area contributed by atoms with Gasteiger partial charge in [-0.1, -0.05) is 0 Å². The summed E-state index contributed by atoms with van der Waals surface area (Å²) in [7, 11) is 0. The number of ether oxygens (including phenoxy) is 1. The zero-order valence-corrected chi connectivity index (χ0v) is 14.3. The van der Waals surface area contributed by atoms with E-state index in [9.17, 15) is 18.3 Å². The van der Waals surface area contributed by atoms with E-state index >= 15 is 0 Å². The van der Waals surface area contributed by atoms with Gasteiger partial charge < -0.3 is 15.2 Å². The first kappa shape index (κ1) is 20.1. The van der Waals surface area contributed by atoms with Gasteiger partial charge in [0.1, 0.15) is 18.0 Å². The number of rotatable bonds is 6. The molecule has 2 rings (SSSR count). The average Bonchev–Trinajstić information content (AvgIpc) is 2.64. The lowest BCUT2D eigenvalue weighted by Gasteiger charge is -2.24. The molecule has 1 unspecified atom stereocenters. The van der Waals surface area contributed by atoms with Crippen LogP contribution in [0.2, 0.25) is 0 Å². The molecule has 2 aromatic carbocycles. The first-order valence-electron chi connectivity index (χ1n) is 7.85. The van der Waals surface area contributed by atoms with Crippen molar-refractivity contribution >= 4 is 5.69 Å². The Bertz CT molecular complexity index is 879. The number of halogens is 3. The summed E-state index contributed by atoms with van der Waals surface area (Å²) in [5, 5.41) is 30.6. The largest absolute Gasteiger partial charge is 0.491 e. The minimum absolute atomic E-state index is 0.0769. The van der Waals surface area contributed by atoms with Crippen LogP contribution in [0, 0.1) is 22.7 Å². The summed E-state index contributed by atoms with van der Waals surface area (Å²) in [4.78, 5) is 0. The molecule has 2 aromatic rings. The molecular formula is C19H16F3N3O2. The molecule has 140 valence electrons. The van der Waals surface area contributed by atoms with Gasteiger partial charge in [-0.25, -0.2) is 0 Å². The Hall–Kier alpha value is -3.23. The third kappa shape index (κ3) is 5.63. The topological polar surface area (TPSA) is 89.1 Å². The standard InChI is InChI=1S/C19H16F3N3O2/c1-18(26,12-27-16-6-2-13(9-23)3-7-16)11-25-15-5-4-14(10-24)17(8-15)19(20,21)22/h2-8,25-26H,11-12H2,1H3. The number of anilines is 1. The lowest BCUT2D eigenvalue weighted by Crippen LogP contribution is -2.39. The molecule has 0 aliphatic rings. The van der Waals surface area contributed by atoms with Gasteiger partial charge >= 0.3 is 6.18 Å². The van der Waals surface area contributed by atoms with Crippen molar-refractivity contribution in [3.05, 3.63) is 59.2 Å². The minimum atomic E-state index is -4.65. The third-order valence-electron chi connectivity index (χ3n) is 3.65. The molecule has 1 atom stereocenters. The second-order valence-electron chi connectivity index (χ2n) is 6.15. The zero-order chi connectivity index (χ0) is 20.1. The van der Waals surface area contributed by atoms with Crippen molar-refractivity contribution in [1.29, 1.82) is 10.5 Å². The van der Waals surface area contributed by atoms with Gasteiger partial charge in [-0.2, -0.15) is 23.7 Å². The normalized spacial score (nSPS) is 13.1. The molecule has 5 nitrogen and oxygen atoms in total. The molecule has 2 N–H and O–H groups in total. The highest BCUT2D eigenvalue weighted by Crippen LogP contribution is 2.33. The van der Waals surface area contributed by atoms with Crippen LogP contribution in [-0.4, -0.2) is 23.9 Å². The van der Waals surface area contributed by atoms with E-state index in [1.165, 1.54) is 19.1 Å². The second kappa shape index (κ2) is 7.98. The molecule has 0 amide bonds. The third-order valence-corrected chi connectivity index (χ3v) is 3.65. The van der Waals surface area contributed by atoms with Gasteiger partial charge in [0.05, 0.1) is 28.8 Å². The molecule has 8 heteroatoms. The number of alkyl halides is 3. The number of nitriles is 2. The average molecular weight is 375 g/mol. The van der Waals surface area contributed by atoms with Crippen molar-refractivity contribution in [3.63, 3.8) is 0 Å². The van der Waals surface area contributed by atoms with E-state index in [1.54, 1.807) is 24.3 Å². The molecule has 0 spiro atoms. The Morgan fingerprint density at radius 1 is 1.07 bits per heavy atom. The molecule has 0 heterocycles. The number of hydrogen-bond donors (Lipinski definition) is 2. The van der Waals surface area contributed by atoms with Crippen molar-refractivity contribution in [2.45, 2.75) is 18.7 Å². The molecule has 0 fully saturated rings. The lowest BCUT2D eigenvalue weighted by atomic mass is 10.1. The zero-order valence-electron chi connectivity index (χ0n) is 14.3. The lowest BCUT2D eigenvalue weighted by molar-refractivity contribution is -0.137. The minimum Gasteiger partial charge on any atom is -0.491 e. The number of benzene rings is 2. The predicted molar refractivity (Wildman–Crippen MR) is 91.9 cm³/mol. The van der Waals surface area contributed by atoms with Gasteiger partial charge in [0, 0.05) is 12.2 Å². The van der Waals surface area contributed by atoms with Crippen molar-refractivity contribution in [1.82, 2.24) is 0 Å². The van der Waals surface area contributed by atoms with E-state index in [4.69, 9.17) is 15.3 Å². The van der Waals surface area contributed by atoms with Crippen molar-refractivity contribution < 1.29 is 23.0 Å². The van der Waals surface area contributed by atoms with Crippen LogP contribution in [0.1, 0.15) is 23.6 Å². The van der Waals surface area contributed by atoms with E-state index in [0.717, 1.165) is 12.1 Å². The van der Waals surface area contributed by atoms with Crippen molar-refractivity contribution in [2.24, 2.45) is 0 Å². The van der Waals surface area contributed by atoms with Crippen molar-refractivity contribution in [2.75, 3.05) is 18.5 Å². The van der Waals surface area contributed by atoms with Crippen LogP contribution in [0.4, 0.5) is 18.9 Å². The quantitative estimate of drug-likeness (QED) is 0.804. The SMILES string of the molecule is CC(O)(CNc1ccc(C#N)c(C(F)(F)F)c1)COc1ccc(C#N)cc1. The van der Waals surface area contributed by atoms with Crippen LogP contribution in [0.3, 0.4) is 0 Å². The van der Waals surface area contributed by atoms with Crippen LogP contribution in [0.25, 0.3) is 0 Å². The van der Waals surface area contributed by atoms with E-state index in [-0.39, 0.29) is 18.8 Å². The fourth-order valence-electron chi connectivity index (χ4n) is 2.19. The molecule has 0 aliphatic carbocycles. The van der Waals surface area contributed by atoms with E-state index in [0.29, 0.717) is 11.3 Å². The maximum atomic E-state index is 13.0. The molecule has 0 aromatic heterocycles. The monoisotopic (exact) mass is 375 g/mol. The summed E-state index contributed by atoms with van der Waals surface area (Å²) < 4.78 is 44.4. The summed E-state index contributed by atoms with van der Waals surface area (Å²) in [5.74, 6) is 0.451. The highest BCUT2D eigenvalue weighted by atomic mass is 19.4. The summed E-state index contributed by atoms with van der Waals surface area (Å²) in [6, 6.07) is 13.0. The van der Waals surface area contributed by atoms with Gasteiger partial charge in [0.15, 0.2) is 0 Å². The summed E-state index contributed by atoms with van der Waals surface area (Å²) in [6.07, 6.45) is -4.65. The predicted octanol–water partition coefficient (Wildman–Crippen LogP) is 3.69. The van der Waals surface area contributed by atoms with Gasteiger partial charge in [0.2, 0.25) is 0 Å². The molecule has 0 aliphatic heterocycles. The van der Waals surface area contributed by atoms with Crippen LogP contribution in [-0.2, 0) is 6.18 Å². The molecule has 0 bridgehead atoms. The van der Waals surface area contributed by atoms with E-state index in [2.05, 4.69) is 5.32 Å². The van der Waals surface area contributed by atoms with Gasteiger partial charge in [-0.3, -0.25) is 0 Å². The maximum Gasteiger partial charge on any atom is 0.417 e. The number of nitrogens with zero attached hydrogens (tertiary/aromatic N) is 2. The Kier molecular flexibility index (Phi) is 5.94. The number of aliphatic hydroxyl groups is 1. The van der Waals surface area contributed by atoms with Gasteiger partial charge in [-0.05, 0) is 49.4 Å². The highest BCUT2D eigenvalue weighted by Gasteiger charge is 2.34. The van der Waals surface area contributed by atoms with E-state index in [1.807, 2.05) is 6.07 Å². The molecule has 0 saturated heterocycles. The first-order valence-corrected chi connectivity index (χ1v) is 7.85. The van der Waals surface area contributed by atoms with Crippen LogP contribution < -0.4 is 10.1 Å². The molecule has 0 saturated carbocycles. The second-order valence-corrected chi connectivity index (χ2v) is 6.15. The Labute approximate surface area is 154 Å². The Balaban J connectivity index is 2.00. The fourth-order valence-corrected chi connectivity index (χ4v) is 2.19. The number of nitrogens with one attached hydrogen (secondary N) is 1. The summed E-state index contributed by atoms with van der Waals surface area (Å²) >= 11 is 0. The van der Waals surface area contributed by atoms with Crippen LogP contribution in [0.5, 0.6) is 5.75 Å². The maximum absolute atomic E-state index is 13.0.